The largest absolute Gasteiger partial charge is 0.322 e. The minimum absolute atomic E-state index is 0.253. The van der Waals surface area contributed by atoms with Crippen LogP contribution in [0.5, 0.6) is 0 Å². The zero-order chi connectivity index (χ0) is 19.9. The SMILES string of the molecule is Cc1ccccc1/C=N/NC(=O)c1cccc(NC(=O)c2cccc(Br)c2)c1. The highest BCUT2D eigenvalue weighted by atomic mass is 79.9. The van der Waals surface area contributed by atoms with Crippen LogP contribution in [-0.2, 0) is 0 Å². The highest BCUT2D eigenvalue weighted by molar-refractivity contribution is 9.10. The third-order valence-corrected chi connectivity index (χ3v) is 4.52. The average molecular weight is 436 g/mol. The van der Waals surface area contributed by atoms with E-state index >= 15 is 0 Å². The molecule has 0 spiro atoms. The van der Waals surface area contributed by atoms with Crippen LogP contribution in [0.25, 0.3) is 0 Å². The first-order valence-electron chi connectivity index (χ1n) is 8.59. The van der Waals surface area contributed by atoms with Crippen LogP contribution in [0.4, 0.5) is 5.69 Å². The summed E-state index contributed by atoms with van der Waals surface area (Å²) in [6.07, 6.45) is 1.60. The summed E-state index contributed by atoms with van der Waals surface area (Å²) in [4.78, 5) is 24.7. The zero-order valence-electron chi connectivity index (χ0n) is 15.1. The molecule has 0 aliphatic rings. The Balaban J connectivity index is 1.66. The summed E-state index contributed by atoms with van der Waals surface area (Å²) in [5.41, 5.74) is 5.95. The van der Waals surface area contributed by atoms with Crippen LogP contribution >= 0.6 is 15.9 Å². The Kier molecular flexibility index (Phi) is 6.34. The van der Waals surface area contributed by atoms with Crippen molar-refractivity contribution < 1.29 is 9.59 Å². The second kappa shape index (κ2) is 9.10. The number of carbonyl (C=O) groups excluding carboxylic acids is 2. The van der Waals surface area contributed by atoms with E-state index in [2.05, 4.69) is 31.8 Å². The summed E-state index contributed by atoms with van der Waals surface area (Å²) < 4.78 is 0.819. The highest BCUT2D eigenvalue weighted by Crippen LogP contribution is 2.15. The molecule has 6 heteroatoms. The highest BCUT2D eigenvalue weighted by Gasteiger charge is 2.09. The lowest BCUT2D eigenvalue weighted by Gasteiger charge is -2.07. The summed E-state index contributed by atoms with van der Waals surface area (Å²) in [6, 6.07) is 21.5. The number of hydrogen-bond donors (Lipinski definition) is 2. The number of nitrogens with zero attached hydrogens (tertiary/aromatic N) is 1. The summed E-state index contributed by atoms with van der Waals surface area (Å²) in [5.74, 6) is -0.611. The van der Waals surface area contributed by atoms with Gasteiger partial charge in [-0.05, 0) is 54.4 Å². The normalized spacial score (nSPS) is 10.6. The first-order valence-corrected chi connectivity index (χ1v) is 9.38. The van der Waals surface area contributed by atoms with Crippen LogP contribution in [-0.4, -0.2) is 18.0 Å². The lowest BCUT2D eigenvalue weighted by atomic mass is 10.1. The van der Waals surface area contributed by atoms with Crippen LogP contribution in [0.1, 0.15) is 31.8 Å². The molecule has 140 valence electrons. The van der Waals surface area contributed by atoms with Crippen molar-refractivity contribution >= 4 is 39.6 Å². The molecular formula is C22H18BrN3O2. The van der Waals surface area contributed by atoms with E-state index in [1.165, 1.54) is 0 Å². The van der Waals surface area contributed by atoms with Crippen molar-refractivity contribution in [3.05, 3.63) is 99.5 Å². The molecule has 0 atom stereocenters. The van der Waals surface area contributed by atoms with Gasteiger partial charge in [0, 0.05) is 21.3 Å². The number of benzene rings is 3. The number of rotatable bonds is 5. The summed E-state index contributed by atoms with van der Waals surface area (Å²) in [7, 11) is 0. The van der Waals surface area contributed by atoms with Gasteiger partial charge in [0.25, 0.3) is 11.8 Å². The van der Waals surface area contributed by atoms with Crippen LogP contribution in [0.3, 0.4) is 0 Å². The van der Waals surface area contributed by atoms with E-state index in [-0.39, 0.29) is 11.8 Å². The molecule has 0 aliphatic heterocycles. The fraction of sp³-hybridized carbons (Fsp3) is 0.0455. The molecule has 0 aromatic heterocycles. The summed E-state index contributed by atoms with van der Waals surface area (Å²) >= 11 is 3.35. The van der Waals surface area contributed by atoms with E-state index < -0.39 is 0 Å². The number of hydrogen-bond acceptors (Lipinski definition) is 3. The van der Waals surface area contributed by atoms with Crippen LogP contribution < -0.4 is 10.7 Å². The summed E-state index contributed by atoms with van der Waals surface area (Å²) in [6.45, 7) is 1.97. The number of anilines is 1. The molecule has 0 heterocycles. The molecular weight excluding hydrogens is 418 g/mol. The Bertz CT molecular complexity index is 1050. The van der Waals surface area contributed by atoms with E-state index in [0.717, 1.165) is 15.6 Å². The molecule has 0 fully saturated rings. The van der Waals surface area contributed by atoms with Gasteiger partial charge in [0.15, 0.2) is 0 Å². The molecule has 0 saturated heterocycles. The predicted molar refractivity (Wildman–Crippen MR) is 115 cm³/mol. The molecule has 5 nitrogen and oxygen atoms in total. The lowest BCUT2D eigenvalue weighted by Crippen LogP contribution is -2.18. The Morgan fingerprint density at radius 1 is 0.893 bits per heavy atom. The molecule has 28 heavy (non-hydrogen) atoms. The third-order valence-electron chi connectivity index (χ3n) is 4.03. The van der Waals surface area contributed by atoms with Gasteiger partial charge >= 0.3 is 0 Å². The number of halogens is 1. The van der Waals surface area contributed by atoms with Crippen LogP contribution in [0, 0.1) is 6.92 Å². The number of nitrogens with one attached hydrogen (secondary N) is 2. The van der Waals surface area contributed by atoms with Crippen molar-refractivity contribution in [2.75, 3.05) is 5.32 Å². The van der Waals surface area contributed by atoms with Gasteiger partial charge in [-0.15, -0.1) is 0 Å². The van der Waals surface area contributed by atoms with Gasteiger partial charge in [-0.3, -0.25) is 9.59 Å². The Labute approximate surface area is 171 Å². The van der Waals surface area contributed by atoms with Crippen molar-refractivity contribution in [3.8, 4) is 0 Å². The van der Waals surface area contributed by atoms with Gasteiger partial charge in [-0.1, -0.05) is 52.3 Å². The van der Waals surface area contributed by atoms with Crippen molar-refractivity contribution in [2.45, 2.75) is 6.92 Å². The maximum atomic E-state index is 12.4. The number of hydrazone groups is 1. The molecule has 0 bridgehead atoms. The smallest absolute Gasteiger partial charge is 0.271 e. The molecule has 0 aliphatic carbocycles. The predicted octanol–water partition coefficient (Wildman–Crippen LogP) is 4.77. The van der Waals surface area contributed by atoms with Gasteiger partial charge in [0.05, 0.1) is 6.21 Å². The lowest BCUT2D eigenvalue weighted by molar-refractivity contribution is 0.0953. The molecule has 2 N–H and O–H groups in total. The standard InChI is InChI=1S/C22H18BrN3O2/c1-15-6-2-3-7-18(15)14-24-26-22(28)17-9-5-11-20(13-17)25-21(27)16-8-4-10-19(23)12-16/h2-14H,1H3,(H,25,27)(H,26,28)/b24-14+. The third kappa shape index (κ3) is 5.14. The van der Waals surface area contributed by atoms with Crippen molar-refractivity contribution in [3.63, 3.8) is 0 Å². The van der Waals surface area contributed by atoms with E-state index in [0.29, 0.717) is 16.8 Å². The molecule has 3 aromatic carbocycles. The Morgan fingerprint density at radius 3 is 2.36 bits per heavy atom. The number of amides is 2. The fourth-order valence-corrected chi connectivity index (χ4v) is 2.93. The quantitative estimate of drug-likeness (QED) is 0.447. The van der Waals surface area contributed by atoms with Gasteiger partial charge in [-0.2, -0.15) is 5.10 Å². The van der Waals surface area contributed by atoms with Gasteiger partial charge in [0.2, 0.25) is 0 Å². The minimum Gasteiger partial charge on any atom is -0.322 e. The van der Waals surface area contributed by atoms with Gasteiger partial charge < -0.3 is 5.32 Å². The molecule has 0 radical (unpaired) electrons. The Hall–Kier alpha value is -3.25. The fourth-order valence-electron chi connectivity index (χ4n) is 2.53. The average Bonchev–Trinajstić information content (AvgIpc) is 2.69. The van der Waals surface area contributed by atoms with Crippen LogP contribution in [0.2, 0.25) is 0 Å². The number of carbonyl (C=O) groups is 2. The maximum Gasteiger partial charge on any atom is 0.271 e. The monoisotopic (exact) mass is 435 g/mol. The maximum absolute atomic E-state index is 12.4. The first kappa shape index (κ1) is 19.5. The Morgan fingerprint density at radius 2 is 1.61 bits per heavy atom. The van der Waals surface area contributed by atoms with E-state index in [4.69, 9.17) is 0 Å². The van der Waals surface area contributed by atoms with Crippen molar-refractivity contribution in [1.29, 1.82) is 0 Å². The molecule has 3 rings (SSSR count). The second-order valence-electron chi connectivity index (χ2n) is 6.10. The molecule has 2 amide bonds. The van der Waals surface area contributed by atoms with Crippen molar-refractivity contribution in [1.82, 2.24) is 5.43 Å². The van der Waals surface area contributed by atoms with E-state index in [1.54, 1.807) is 48.7 Å². The second-order valence-corrected chi connectivity index (χ2v) is 7.02. The minimum atomic E-state index is -0.358. The topological polar surface area (TPSA) is 70.6 Å². The van der Waals surface area contributed by atoms with Gasteiger partial charge in [-0.25, -0.2) is 5.43 Å². The van der Waals surface area contributed by atoms with E-state index in [1.807, 2.05) is 37.3 Å². The molecule has 3 aromatic rings. The van der Waals surface area contributed by atoms with E-state index in [9.17, 15) is 9.59 Å². The summed E-state index contributed by atoms with van der Waals surface area (Å²) in [5, 5.41) is 6.80. The van der Waals surface area contributed by atoms with Gasteiger partial charge in [0.1, 0.15) is 0 Å². The first-order chi connectivity index (χ1) is 13.5. The van der Waals surface area contributed by atoms with Crippen molar-refractivity contribution in [2.24, 2.45) is 5.10 Å². The molecule has 0 unspecified atom stereocenters. The zero-order valence-corrected chi connectivity index (χ0v) is 16.7. The molecule has 0 saturated carbocycles. The number of aryl methyl sites for hydroxylation is 1. The van der Waals surface area contributed by atoms with Crippen LogP contribution in [0.15, 0.2) is 82.4 Å².